The second-order valence-corrected chi connectivity index (χ2v) is 6.59. The van der Waals surface area contributed by atoms with Crippen LogP contribution < -0.4 is 9.47 Å². The van der Waals surface area contributed by atoms with Gasteiger partial charge in [-0.25, -0.2) is 0 Å². The lowest BCUT2D eigenvalue weighted by Crippen LogP contribution is -2.40. The fraction of sp³-hybridized carbons (Fsp3) is 0.562. The highest BCUT2D eigenvalue weighted by Gasteiger charge is 2.18. The molecular weight excluding hydrogens is 318 g/mol. The quantitative estimate of drug-likeness (QED) is 0.560. The molecule has 0 amide bonds. The average molecular weight is 341 g/mol. The van der Waals surface area contributed by atoms with Gasteiger partial charge in [-0.15, -0.1) is 0 Å². The zero-order chi connectivity index (χ0) is 15.8. The predicted molar refractivity (Wildman–Crippen MR) is 95.6 cm³/mol. The largest absolute Gasteiger partial charge is 0.496 e. The molecule has 1 aliphatic heterocycles. The van der Waals surface area contributed by atoms with E-state index in [-0.39, 0.29) is 0 Å². The number of methoxy groups -OCH3 is 1. The van der Waals surface area contributed by atoms with E-state index in [2.05, 4.69) is 11.8 Å². The number of thiocarbonyl (C=S) groups is 1. The Hall–Kier alpha value is -0.980. The summed E-state index contributed by atoms with van der Waals surface area (Å²) in [5.41, 5.74) is 0.940. The Morgan fingerprint density at radius 2 is 2.14 bits per heavy atom. The van der Waals surface area contributed by atoms with E-state index < -0.39 is 0 Å². The van der Waals surface area contributed by atoms with Gasteiger partial charge >= 0.3 is 0 Å². The third-order valence-corrected chi connectivity index (χ3v) is 4.74. The molecule has 1 fully saturated rings. The molecule has 6 heteroatoms. The molecule has 1 aromatic rings. The van der Waals surface area contributed by atoms with Crippen molar-refractivity contribution >= 4 is 29.0 Å². The first-order valence-electron chi connectivity index (χ1n) is 7.52. The van der Waals surface area contributed by atoms with E-state index in [1.165, 1.54) is 0 Å². The minimum Gasteiger partial charge on any atom is -0.496 e. The van der Waals surface area contributed by atoms with Gasteiger partial charge in [0.15, 0.2) is 0 Å². The summed E-state index contributed by atoms with van der Waals surface area (Å²) in [6.45, 7) is 5.95. The summed E-state index contributed by atoms with van der Waals surface area (Å²) in [6, 6.07) is 5.86. The van der Waals surface area contributed by atoms with Crippen LogP contribution in [0, 0.1) is 0 Å². The van der Waals surface area contributed by atoms with Crippen LogP contribution in [0.4, 0.5) is 0 Å². The van der Waals surface area contributed by atoms with Crippen LogP contribution in [0.15, 0.2) is 18.2 Å². The van der Waals surface area contributed by atoms with E-state index in [9.17, 15) is 0 Å². The Morgan fingerprint density at radius 3 is 2.82 bits per heavy atom. The first-order valence-corrected chi connectivity index (χ1v) is 9.08. The van der Waals surface area contributed by atoms with Crippen LogP contribution in [0.2, 0.25) is 0 Å². The molecule has 0 unspecified atom stereocenters. The summed E-state index contributed by atoms with van der Waals surface area (Å²) in [5, 5.41) is 0. The van der Waals surface area contributed by atoms with Crippen molar-refractivity contribution in [3.05, 3.63) is 23.8 Å². The molecule has 4 nitrogen and oxygen atoms in total. The maximum Gasteiger partial charge on any atom is 0.132 e. The fourth-order valence-electron chi connectivity index (χ4n) is 2.24. The van der Waals surface area contributed by atoms with E-state index in [0.717, 1.165) is 59.9 Å². The molecule has 1 aliphatic rings. The number of thioether (sulfide) groups is 1. The van der Waals surface area contributed by atoms with Crippen LogP contribution in [0.25, 0.3) is 0 Å². The lowest BCUT2D eigenvalue weighted by molar-refractivity contribution is 0.0692. The maximum absolute atomic E-state index is 5.75. The smallest absolute Gasteiger partial charge is 0.132 e. The predicted octanol–water partition coefficient (Wildman–Crippen LogP) is 2.83. The van der Waals surface area contributed by atoms with Gasteiger partial charge in [0.1, 0.15) is 16.5 Å². The fourth-order valence-corrected chi connectivity index (χ4v) is 3.08. The topological polar surface area (TPSA) is 30.9 Å². The molecule has 0 radical (unpaired) electrons. The molecule has 0 aromatic heterocycles. The van der Waals surface area contributed by atoms with Crippen molar-refractivity contribution in [2.45, 2.75) is 6.92 Å². The Morgan fingerprint density at radius 1 is 1.36 bits per heavy atom. The molecular formula is C16H23NO3S2. The van der Waals surface area contributed by atoms with Crippen LogP contribution >= 0.6 is 24.0 Å². The Balaban J connectivity index is 2.03. The number of nitrogens with zero attached hydrogens (tertiary/aromatic N) is 1. The molecule has 0 atom stereocenters. The van der Waals surface area contributed by atoms with Crippen molar-refractivity contribution in [2.24, 2.45) is 0 Å². The molecule has 22 heavy (non-hydrogen) atoms. The molecule has 0 bridgehead atoms. The minimum atomic E-state index is 0.703. The summed E-state index contributed by atoms with van der Waals surface area (Å²) >= 11 is 7.47. The molecule has 1 heterocycles. The SMILES string of the molecule is CCSCCOc1ccc(C(=S)N2CCOCC2)c(OC)c1. The Labute approximate surface area is 142 Å². The van der Waals surface area contributed by atoms with Gasteiger partial charge in [-0.2, -0.15) is 11.8 Å². The van der Waals surface area contributed by atoms with E-state index in [1.54, 1.807) is 7.11 Å². The number of hydrogen-bond acceptors (Lipinski definition) is 5. The number of hydrogen-bond donors (Lipinski definition) is 0. The zero-order valence-electron chi connectivity index (χ0n) is 13.2. The lowest BCUT2D eigenvalue weighted by atomic mass is 10.1. The van der Waals surface area contributed by atoms with E-state index in [4.69, 9.17) is 26.4 Å². The highest BCUT2D eigenvalue weighted by Crippen LogP contribution is 2.27. The standard InChI is InChI=1S/C16H23NO3S2/c1-3-22-11-10-20-13-4-5-14(15(12-13)18-2)16(21)17-6-8-19-9-7-17/h4-5,12H,3,6-11H2,1-2H3. The minimum absolute atomic E-state index is 0.703. The summed E-state index contributed by atoms with van der Waals surface area (Å²) in [4.78, 5) is 2.97. The molecule has 1 saturated heterocycles. The molecule has 122 valence electrons. The third kappa shape index (κ3) is 4.76. The van der Waals surface area contributed by atoms with Gasteiger partial charge in [-0.05, 0) is 17.9 Å². The number of rotatable bonds is 7. The summed E-state index contributed by atoms with van der Waals surface area (Å²) in [7, 11) is 1.66. The van der Waals surface area contributed by atoms with Crippen LogP contribution in [0.1, 0.15) is 12.5 Å². The van der Waals surface area contributed by atoms with Gasteiger partial charge in [-0.3, -0.25) is 0 Å². The maximum atomic E-state index is 5.75. The first-order chi connectivity index (χ1) is 10.8. The Bertz CT molecular complexity index is 490. The molecule has 2 rings (SSSR count). The molecule has 0 spiro atoms. The number of morpholine rings is 1. The third-order valence-electron chi connectivity index (χ3n) is 3.40. The van der Waals surface area contributed by atoms with Crippen molar-refractivity contribution in [1.82, 2.24) is 4.90 Å². The monoisotopic (exact) mass is 341 g/mol. The second kappa shape index (κ2) is 9.22. The van der Waals surface area contributed by atoms with Gasteiger partial charge in [-0.1, -0.05) is 19.1 Å². The van der Waals surface area contributed by atoms with Crippen molar-refractivity contribution in [2.75, 3.05) is 51.5 Å². The van der Waals surface area contributed by atoms with E-state index in [1.807, 2.05) is 30.0 Å². The van der Waals surface area contributed by atoms with Gasteiger partial charge in [0.2, 0.25) is 0 Å². The van der Waals surface area contributed by atoms with Crippen LogP contribution in [-0.2, 0) is 4.74 Å². The highest BCUT2D eigenvalue weighted by atomic mass is 32.2. The van der Waals surface area contributed by atoms with Crippen LogP contribution in [-0.4, -0.2) is 61.4 Å². The lowest BCUT2D eigenvalue weighted by Gasteiger charge is -2.29. The van der Waals surface area contributed by atoms with Gasteiger partial charge in [0, 0.05) is 24.9 Å². The first kappa shape index (κ1) is 17.4. The zero-order valence-corrected chi connectivity index (χ0v) is 14.8. The molecule has 1 aromatic carbocycles. The molecule has 0 aliphatic carbocycles. The molecule has 0 N–H and O–H groups in total. The highest BCUT2D eigenvalue weighted by molar-refractivity contribution is 7.99. The van der Waals surface area contributed by atoms with Crippen molar-refractivity contribution in [3.8, 4) is 11.5 Å². The summed E-state index contributed by atoms with van der Waals surface area (Å²) < 4.78 is 16.6. The normalized spacial score (nSPS) is 14.7. The van der Waals surface area contributed by atoms with E-state index in [0.29, 0.717) is 6.61 Å². The Kier molecular flexibility index (Phi) is 7.29. The van der Waals surface area contributed by atoms with Crippen LogP contribution in [0.3, 0.4) is 0 Å². The number of ether oxygens (including phenoxy) is 3. The van der Waals surface area contributed by atoms with Gasteiger partial charge < -0.3 is 19.1 Å². The van der Waals surface area contributed by atoms with Gasteiger partial charge in [0.25, 0.3) is 0 Å². The van der Waals surface area contributed by atoms with Gasteiger partial charge in [0.05, 0.1) is 32.5 Å². The van der Waals surface area contributed by atoms with Crippen molar-refractivity contribution < 1.29 is 14.2 Å². The average Bonchev–Trinajstić information content (AvgIpc) is 2.58. The van der Waals surface area contributed by atoms with E-state index >= 15 is 0 Å². The van der Waals surface area contributed by atoms with Crippen molar-refractivity contribution in [1.29, 1.82) is 0 Å². The molecule has 0 saturated carbocycles. The summed E-state index contributed by atoms with van der Waals surface area (Å²) in [6.07, 6.45) is 0. The summed E-state index contributed by atoms with van der Waals surface area (Å²) in [5.74, 6) is 3.69. The van der Waals surface area contributed by atoms with Crippen LogP contribution in [0.5, 0.6) is 11.5 Å². The second-order valence-electron chi connectivity index (χ2n) is 4.81. The van der Waals surface area contributed by atoms with Crippen molar-refractivity contribution in [3.63, 3.8) is 0 Å². The number of benzene rings is 1.